The van der Waals surface area contributed by atoms with Crippen LogP contribution in [0.4, 0.5) is 0 Å². The number of aromatic nitrogens is 1. The fourth-order valence-electron chi connectivity index (χ4n) is 2.18. The smallest absolute Gasteiger partial charge is 0.187 e. The van der Waals surface area contributed by atoms with E-state index in [0.29, 0.717) is 18.4 Å². The second kappa shape index (κ2) is 4.50. The van der Waals surface area contributed by atoms with Crippen LogP contribution in [-0.2, 0) is 9.47 Å². The first kappa shape index (κ1) is 11.9. The van der Waals surface area contributed by atoms with E-state index < -0.39 is 0 Å². The summed E-state index contributed by atoms with van der Waals surface area (Å²) in [5, 5.41) is 1.53. The van der Waals surface area contributed by atoms with Crippen LogP contribution in [0.2, 0.25) is 5.15 Å². The zero-order chi connectivity index (χ0) is 12.7. The third-order valence-electron chi connectivity index (χ3n) is 3.37. The van der Waals surface area contributed by atoms with Gasteiger partial charge in [0.2, 0.25) is 0 Å². The lowest BCUT2D eigenvalue weighted by Gasteiger charge is -2.13. The van der Waals surface area contributed by atoms with Crippen LogP contribution in [0, 0.1) is 13.8 Å². The molecule has 1 aromatic carbocycles. The van der Waals surface area contributed by atoms with Crippen LogP contribution < -0.4 is 0 Å². The molecular weight excluding hydrogens is 250 g/mol. The quantitative estimate of drug-likeness (QED) is 0.738. The number of hydrogen-bond donors (Lipinski definition) is 0. The number of fused-ring (bicyclic) bond motifs is 1. The first-order valence-corrected chi connectivity index (χ1v) is 6.34. The molecule has 2 aromatic rings. The van der Waals surface area contributed by atoms with Crippen molar-refractivity contribution in [3.8, 4) is 0 Å². The first-order valence-electron chi connectivity index (χ1n) is 5.96. The van der Waals surface area contributed by atoms with Crippen molar-refractivity contribution in [3.05, 3.63) is 40.0 Å². The molecule has 0 saturated carbocycles. The van der Waals surface area contributed by atoms with E-state index in [1.54, 1.807) is 0 Å². The molecule has 3 nitrogen and oxygen atoms in total. The van der Waals surface area contributed by atoms with Crippen LogP contribution in [0.5, 0.6) is 0 Å². The normalized spacial score (nSPS) is 16.6. The van der Waals surface area contributed by atoms with Crippen molar-refractivity contribution < 1.29 is 9.47 Å². The Labute approximate surface area is 111 Å². The molecule has 0 unspecified atom stereocenters. The van der Waals surface area contributed by atoms with Crippen LogP contribution in [0.1, 0.15) is 23.0 Å². The van der Waals surface area contributed by atoms with Crippen LogP contribution >= 0.6 is 11.6 Å². The molecule has 3 rings (SSSR count). The van der Waals surface area contributed by atoms with Crippen molar-refractivity contribution in [3.63, 3.8) is 0 Å². The number of benzene rings is 1. The highest BCUT2D eigenvalue weighted by Gasteiger charge is 2.22. The minimum Gasteiger partial charge on any atom is -0.346 e. The molecule has 1 aliphatic rings. The van der Waals surface area contributed by atoms with Crippen molar-refractivity contribution in [2.45, 2.75) is 20.1 Å². The van der Waals surface area contributed by atoms with E-state index in [1.165, 1.54) is 5.56 Å². The van der Waals surface area contributed by atoms with E-state index in [2.05, 4.69) is 31.0 Å². The molecule has 1 aromatic heterocycles. The molecule has 94 valence electrons. The van der Waals surface area contributed by atoms with Gasteiger partial charge in [-0.3, -0.25) is 0 Å². The Morgan fingerprint density at radius 2 is 1.94 bits per heavy atom. The van der Waals surface area contributed by atoms with Gasteiger partial charge in [0.05, 0.1) is 18.7 Å². The Hall–Kier alpha value is -1.16. The van der Waals surface area contributed by atoms with Crippen molar-refractivity contribution >= 4 is 22.5 Å². The second-order valence-corrected chi connectivity index (χ2v) is 4.88. The van der Waals surface area contributed by atoms with Gasteiger partial charge in [-0.2, -0.15) is 0 Å². The second-order valence-electron chi connectivity index (χ2n) is 4.52. The highest BCUT2D eigenvalue weighted by molar-refractivity contribution is 6.30. The molecule has 0 aliphatic carbocycles. The van der Waals surface area contributed by atoms with E-state index in [1.807, 2.05) is 6.07 Å². The standard InChI is InChI=1S/C14H14ClNO2/c1-8-3-4-10-7-11(14-17-5-6-18-14)13(15)16-12(10)9(8)2/h3-4,7,14H,5-6H2,1-2H3. The van der Waals surface area contributed by atoms with Crippen LogP contribution in [0.25, 0.3) is 10.9 Å². The SMILES string of the molecule is Cc1ccc2cc(C3OCCO3)c(Cl)nc2c1C. The summed E-state index contributed by atoms with van der Waals surface area (Å²) in [7, 11) is 0. The summed E-state index contributed by atoms with van der Waals surface area (Å²) >= 11 is 6.24. The fourth-order valence-corrected chi connectivity index (χ4v) is 2.41. The maximum atomic E-state index is 6.24. The predicted octanol–water partition coefficient (Wildman–Crippen LogP) is 3.55. The number of halogens is 1. The molecule has 2 heterocycles. The van der Waals surface area contributed by atoms with Crippen LogP contribution in [0.15, 0.2) is 18.2 Å². The molecule has 0 radical (unpaired) electrons. The van der Waals surface area contributed by atoms with Crippen molar-refractivity contribution in [2.24, 2.45) is 0 Å². The van der Waals surface area contributed by atoms with Gasteiger partial charge < -0.3 is 9.47 Å². The number of rotatable bonds is 1. The molecule has 0 bridgehead atoms. The van der Waals surface area contributed by atoms with E-state index in [-0.39, 0.29) is 6.29 Å². The van der Waals surface area contributed by atoms with Crippen LogP contribution in [-0.4, -0.2) is 18.2 Å². The summed E-state index contributed by atoms with van der Waals surface area (Å²) in [6.45, 7) is 5.34. The highest BCUT2D eigenvalue weighted by atomic mass is 35.5. The van der Waals surface area contributed by atoms with Gasteiger partial charge >= 0.3 is 0 Å². The third-order valence-corrected chi connectivity index (χ3v) is 3.67. The number of hydrogen-bond acceptors (Lipinski definition) is 3. The van der Waals surface area contributed by atoms with Crippen LogP contribution in [0.3, 0.4) is 0 Å². The zero-order valence-electron chi connectivity index (χ0n) is 10.4. The number of ether oxygens (including phenoxy) is 2. The average Bonchev–Trinajstić information content (AvgIpc) is 2.88. The summed E-state index contributed by atoms with van der Waals surface area (Å²) in [5.41, 5.74) is 4.13. The first-order chi connectivity index (χ1) is 8.66. The Morgan fingerprint density at radius 3 is 2.67 bits per heavy atom. The molecule has 18 heavy (non-hydrogen) atoms. The van der Waals surface area contributed by atoms with Gasteiger partial charge in [-0.1, -0.05) is 23.7 Å². The lowest BCUT2D eigenvalue weighted by atomic mass is 10.0. The fraction of sp³-hybridized carbons (Fsp3) is 0.357. The van der Waals surface area contributed by atoms with Gasteiger partial charge in [-0.15, -0.1) is 0 Å². The minimum absolute atomic E-state index is 0.379. The summed E-state index contributed by atoms with van der Waals surface area (Å²) in [5.74, 6) is 0. The van der Waals surface area contributed by atoms with Crippen molar-refractivity contribution in [1.82, 2.24) is 4.98 Å². The molecule has 1 saturated heterocycles. The Balaban J connectivity index is 2.18. The summed E-state index contributed by atoms with van der Waals surface area (Å²) in [4.78, 5) is 4.49. The lowest BCUT2D eigenvalue weighted by molar-refractivity contribution is -0.0441. The average molecular weight is 264 g/mol. The third kappa shape index (κ3) is 1.88. The van der Waals surface area contributed by atoms with Gasteiger partial charge in [0.1, 0.15) is 5.15 Å². The van der Waals surface area contributed by atoms with E-state index in [0.717, 1.165) is 22.0 Å². The maximum absolute atomic E-state index is 6.24. The van der Waals surface area contributed by atoms with Gasteiger partial charge in [0, 0.05) is 10.9 Å². The summed E-state index contributed by atoms with van der Waals surface area (Å²) in [6, 6.07) is 6.15. The summed E-state index contributed by atoms with van der Waals surface area (Å²) < 4.78 is 11.0. The molecule has 1 aliphatic heterocycles. The molecule has 0 spiro atoms. The number of nitrogens with zero attached hydrogens (tertiary/aromatic N) is 1. The molecule has 4 heteroatoms. The van der Waals surface area contributed by atoms with Gasteiger partial charge in [-0.05, 0) is 31.0 Å². The van der Waals surface area contributed by atoms with Crippen molar-refractivity contribution in [1.29, 1.82) is 0 Å². The Morgan fingerprint density at radius 1 is 1.22 bits per heavy atom. The molecule has 1 fully saturated rings. The van der Waals surface area contributed by atoms with E-state index >= 15 is 0 Å². The van der Waals surface area contributed by atoms with Crippen molar-refractivity contribution in [2.75, 3.05) is 13.2 Å². The van der Waals surface area contributed by atoms with Gasteiger partial charge in [0.25, 0.3) is 0 Å². The maximum Gasteiger partial charge on any atom is 0.187 e. The molecule has 0 N–H and O–H groups in total. The predicted molar refractivity (Wildman–Crippen MR) is 70.9 cm³/mol. The largest absolute Gasteiger partial charge is 0.346 e. The molecular formula is C14H14ClNO2. The lowest BCUT2D eigenvalue weighted by Crippen LogP contribution is -2.01. The minimum atomic E-state index is -0.379. The topological polar surface area (TPSA) is 31.4 Å². The van der Waals surface area contributed by atoms with Gasteiger partial charge in [-0.25, -0.2) is 4.98 Å². The Bertz CT molecular complexity index is 606. The number of pyridine rings is 1. The Kier molecular flexibility index (Phi) is 2.98. The van der Waals surface area contributed by atoms with Gasteiger partial charge in [0.15, 0.2) is 6.29 Å². The highest BCUT2D eigenvalue weighted by Crippen LogP contribution is 2.32. The molecule has 0 atom stereocenters. The van der Waals surface area contributed by atoms with E-state index in [9.17, 15) is 0 Å². The number of aryl methyl sites for hydroxylation is 2. The van der Waals surface area contributed by atoms with E-state index in [4.69, 9.17) is 21.1 Å². The summed E-state index contributed by atoms with van der Waals surface area (Å²) in [6.07, 6.45) is -0.379. The zero-order valence-corrected chi connectivity index (χ0v) is 11.1. The molecule has 0 amide bonds. The monoisotopic (exact) mass is 263 g/mol.